The first-order valence-electron chi connectivity index (χ1n) is 23.3. The fourth-order valence-corrected chi connectivity index (χ4v) is 11.1. The highest BCUT2D eigenvalue weighted by molar-refractivity contribution is 8.00. The van der Waals surface area contributed by atoms with E-state index in [1.807, 2.05) is 19.9 Å². The van der Waals surface area contributed by atoms with Crippen molar-refractivity contribution in [3.63, 3.8) is 0 Å². The molecular weight excluding hydrogens is 922 g/mol. The zero-order valence-corrected chi connectivity index (χ0v) is 41.7. The number of thioether (sulfide) groups is 1. The van der Waals surface area contributed by atoms with Gasteiger partial charge in [0.1, 0.15) is 40.7 Å². The molecule has 1 aromatic rings. The van der Waals surface area contributed by atoms with Crippen LogP contribution in [-0.2, 0) is 54.1 Å². The molecule has 4 N–H and O–H groups in total. The minimum atomic E-state index is -1.87. The van der Waals surface area contributed by atoms with Crippen molar-refractivity contribution in [2.75, 3.05) is 45.0 Å². The second kappa shape index (κ2) is 22.4. The number of amides is 6. The number of ether oxygens (including phenoxy) is 5. The molecule has 6 amide bonds. The zero-order valence-electron chi connectivity index (χ0n) is 40.1. The number of epoxide rings is 1. The summed E-state index contributed by atoms with van der Waals surface area (Å²) < 4.78 is 29.3. The predicted octanol–water partition coefficient (Wildman–Crippen LogP) is 4.37. The summed E-state index contributed by atoms with van der Waals surface area (Å²) in [6.45, 7) is 9.58. The van der Waals surface area contributed by atoms with Gasteiger partial charge < -0.3 is 44.3 Å². The molecule has 1 aliphatic carbocycles. The molecule has 6 rings (SSSR count). The zero-order chi connectivity index (χ0) is 49.7. The van der Waals surface area contributed by atoms with Gasteiger partial charge >= 0.3 is 12.1 Å². The number of allylic oxidation sites excluding steroid dienone is 3. The third-order valence-corrected chi connectivity index (χ3v) is 15.4. The molecule has 5 aliphatic rings. The smallest absolute Gasteiger partial charge is 0.409 e. The number of anilines is 1. The van der Waals surface area contributed by atoms with Gasteiger partial charge in [-0.25, -0.2) is 9.59 Å². The van der Waals surface area contributed by atoms with Crippen LogP contribution in [0.3, 0.4) is 0 Å². The first kappa shape index (κ1) is 52.7. The molecule has 68 heavy (non-hydrogen) atoms. The van der Waals surface area contributed by atoms with Gasteiger partial charge in [0.25, 0.3) is 0 Å². The Morgan fingerprint density at radius 3 is 2.49 bits per heavy atom. The Morgan fingerprint density at radius 1 is 1.09 bits per heavy atom. The Morgan fingerprint density at radius 2 is 1.81 bits per heavy atom. The number of esters is 1. The third-order valence-electron chi connectivity index (χ3n) is 13.8. The number of likely N-dealkylation sites (tertiary alicyclic amines) is 1. The summed E-state index contributed by atoms with van der Waals surface area (Å²) in [4.78, 5) is 95.4. The van der Waals surface area contributed by atoms with Crippen molar-refractivity contribution in [1.29, 1.82) is 0 Å². The number of imide groups is 1. The molecule has 9 atom stereocenters. The van der Waals surface area contributed by atoms with Crippen molar-refractivity contribution >= 4 is 70.6 Å². The van der Waals surface area contributed by atoms with Crippen molar-refractivity contribution in [1.82, 2.24) is 20.9 Å². The van der Waals surface area contributed by atoms with Crippen LogP contribution in [0.5, 0.6) is 5.75 Å². The van der Waals surface area contributed by atoms with E-state index < -0.39 is 76.8 Å². The van der Waals surface area contributed by atoms with Crippen LogP contribution in [0.15, 0.2) is 35.9 Å². The number of aliphatic hydroxyl groups is 1. The number of hydrogen-bond donors (Lipinski definition) is 4. The lowest BCUT2D eigenvalue weighted by molar-refractivity contribution is -0.157. The predicted molar refractivity (Wildman–Crippen MR) is 253 cm³/mol. The molecule has 0 aromatic heterocycles. The molecule has 374 valence electrons. The van der Waals surface area contributed by atoms with Crippen LogP contribution in [0.25, 0.3) is 0 Å². The molecule has 1 aromatic carbocycles. The molecule has 0 spiro atoms. The molecule has 20 heteroatoms. The quantitative estimate of drug-likeness (QED) is 0.122. The fourth-order valence-electron chi connectivity index (χ4n) is 9.67. The summed E-state index contributed by atoms with van der Waals surface area (Å²) in [5.41, 5.74) is -1.14. The van der Waals surface area contributed by atoms with E-state index in [1.165, 1.54) is 42.7 Å². The average Bonchev–Trinajstić information content (AvgIpc) is 3.92. The van der Waals surface area contributed by atoms with Crippen LogP contribution in [-0.4, -0.2) is 139 Å². The summed E-state index contributed by atoms with van der Waals surface area (Å²) in [5.74, 6) is -2.27. The third kappa shape index (κ3) is 12.2. The number of carbonyl (C=O) groups excluding carboxylic acids is 7. The lowest BCUT2D eigenvalue weighted by atomic mass is 9.81. The molecule has 4 fully saturated rings. The molecule has 1 saturated carbocycles. The van der Waals surface area contributed by atoms with E-state index in [-0.39, 0.29) is 66.0 Å². The number of fused-ring (bicyclic) bond motifs is 5. The molecule has 4 aliphatic heterocycles. The first-order valence-corrected chi connectivity index (χ1v) is 24.8. The number of rotatable bonds is 13. The topological polar surface area (TPSA) is 232 Å². The van der Waals surface area contributed by atoms with Crippen molar-refractivity contribution < 1.29 is 62.4 Å². The molecule has 18 nitrogen and oxygen atoms in total. The van der Waals surface area contributed by atoms with Crippen LogP contribution >= 0.6 is 23.4 Å². The second-order valence-corrected chi connectivity index (χ2v) is 20.5. The highest BCUT2D eigenvalue weighted by atomic mass is 35.5. The second-order valence-electron chi connectivity index (χ2n) is 18.8. The SMILES string of the molecule is CCNC(=O)C1CCC(CN2C(=O)CC(SCCC(=O)N[C@H](C)C(=O)O[C@H]3CC(=O)N(C)c4cc(cc(OC)c4Cl)C/C(C)=C/C=C/[C@@H](OC)[C@@]4(O)C[C@H](OC(=O)N4)[C@@H](C)[C@@H]4O[C@@]34C)C2=O)CC1. The molecule has 1 unspecified atom stereocenters. The average molecular weight is 989 g/mol. The maximum atomic E-state index is 14.3. The monoisotopic (exact) mass is 987 g/mol. The molecule has 0 radical (unpaired) electrons. The molecule has 4 bridgehead atoms. The first-order chi connectivity index (χ1) is 32.2. The highest BCUT2D eigenvalue weighted by Crippen LogP contribution is 2.49. The van der Waals surface area contributed by atoms with Crippen LogP contribution in [0.4, 0.5) is 10.5 Å². The number of benzene rings is 1. The van der Waals surface area contributed by atoms with Crippen molar-refractivity contribution in [2.45, 2.75) is 139 Å². The van der Waals surface area contributed by atoms with E-state index in [0.29, 0.717) is 43.8 Å². The fraction of sp³-hybridized carbons (Fsp3) is 0.646. The van der Waals surface area contributed by atoms with E-state index in [9.17, 15) is 38.7 Å². The maximum Gasteiger partial charge on any atom is 0.409 e. The van der Waals surface area contributed by atoms with E-state index in [4.69, 9.17) is 35.3 Å². The minimum Gasteiger partial charge on any atom is -0.495 e. The van der Waals surface area contributed by atoms with Gasteiger partial charge in [-0.2, -0.15) is 0 Å². The summed E-state index contributed by atoms with van der Waals surface area (Å²) in [6, 6.07) is 2.37. The molecular formula is C48H66ClN5O13S. The maximum absolute atomic E-state index is 14.3. The van der Waals surface area contributed by atoms with Gasteiger partial charge in [0.05, 0.1) is 30.6 Å². The number of carbonyl (C=O) groups is 7. The summed E-state index contributed by atoms with van der Waals surface area (Å²) in [5, 5.41) is 19.4. The Bertz CT molecular complexity index is 2170. The number of alkyl carbamates (subject to hydrolysis) is 1. The van der Waals surface area contributed by atoms with Gasteiger partial charge in [-0.15, -0.1) is 11.8 Å². The van der Waals surface area contributed by atoms with Crippen molar-refractivity contribution in [3.05, 3.63) is 46.5 Å². The van der Waals surface area contributed by atoms with Gasteiger partial charge in [0.15, 0.2) is 5.72 Å². The van der Waals surface area contributed by atoms with Crippen LogP contribution in [0.1, 0.15) is 91.5 Å². The van der Waals surface area contributed by atoms with E-state index in [1.54, 1.807) is 45.2 Å². The number of nitrogens with zero attached hydrogens (tertiary/aromatic N) is 2. The highest BCUT2D eigenvalue weighted by Gasteiger charge is 2.64. The Kier molecular flexibility index (Phi) is 17.3. The largest absolute Gasteiger partial charge is 0.495 e. The minimum absolute atomic E-state index is 0.0337. The van der Waals surface area contributed by atoms with Gasteiger partial charge in [-0.1, -0.05) is 42.3 Å². The van der Waals surface area contributed by atoms with E-state index in [2.05, 4.69) is 16.0 Å². The Hall–Kier alpha value is -4.69. The van der Waals surface area contributed by atoms with Crippen molar-refractivity contribution in [3.8, 4) is 5.75 Å². The molecule has 3 saturated heterocycles. The summed E-state index contributed by atoms with van der Waals surface area (Å²) in [6.07, 6.45) is 3.37. The van der Waals surface area contributed by atoms with Gasteiger partial charge in [0.2, 0.25) is 29.5 Å². The molecule has 4 heterocycles. The van der Waals surface area contributed by atoms with Crippen LogP contribution in [0.2, 0.25) is 5.02 Å². The van der Waals surface area contributed by atoms with E-state index in [0.717, 1.165) is 24.0 Å². The standard InChI is InChI=1S/C48H66ClN5O13S/c1-9-50-43(58)31-15-13-29(14-16-31)25-54-40(57)22-35(44(54)59)68-18-17-38(55)51-28(4)45(60)66-37-23-39(56)53(6)32-20-30(21-33(63-7)41(32)49)19-26(2)11-10-12-36(64-8)48(62)24-34(65-46(61)52-48)27(3)42-47(37,5)67-42/h10-12,20-21,27-29,31,34-37,42,62H,9,13-19,22-25H2,1-8H3,(H,50,58)(H,51,55)(H,52,61)/b12-10+,26-11+/t27-,28-,29?,31?,34+,35?,36-,37+,42+,47+,48+/m1/s1. The normalized spacial score (nSPS) is 32.7. The number of hydrogen-bond acceptors (Lipinski definition) is 14. The number of halogens is 1. The van der Waals surface area contributed by atoms with Gasteiger partial charge in [0, 0.05) is 64.1 Å². The number of nitrogens with one attached hydrogen (secondary N) is 3. The van der Waals surface area contributed by atoms with Gasteiger partial charge in [-0.3, -0.25) is 34.2 Å². The lowest BCUT2D eigenvalue weighted by Gasteiger charge is -2.42. The summed E-state index contributed by atoms with van der Waals surface area (Å²) >= 11 is 8.01. The lowest BCUT2D eigenvalue weighted by Crippen LogP contribution is -2.63. The Balaban J connectivity index is 1.12. The van der Waals surface area contributed by atoms with E-state index >= 15 is 0 Å². The summed E-state index contributed by atoms with van der Waals surface area (Å²) in [7, 11) is 4.43. The Labute approximate surface area is 406 Å². The van der Waals surface area contributed by atoms with Crippen molar-refractivity contribution in [2.24, 2.45) is 17.8 Å². The van der Waals surface area contributed by atoms with Crippen LogP contribution < -0.4 is 25.6 Å². The van der Waals surface area contributed by atoms with Crippen LogP contribution in [0, 0.1) is 17.8 Å². The number of methoxy groups -OCH3 is 2. The van der Waals surface area contributed by atoms with Gasteiger partial charge in [-0.05, 0) is 83.4 Å².